The number of aryl methyl sites for hydroxylation is 1. The molecule has 1 amide bonds. The molecule has 0 unspecified atom stereocenters. The Bertz CT molecular complexity index is 1170. The van der Waals surface area contributed by atoms with Crippen LogP contribution in [0.2, 0.25) is 0 Å². The van der Waals surface area contributed by atoms with E-state index >= 15 is 0 Å². The number of nitrogens with one attached hydrogen (secondary N) is 3. The number of fused-ring (bicyclic) bond motifs is 1. The average molecular weight is 439 g/mol. The molecule has 2 heterocycles. The zero-order valence-corrected chi connectivity index (χ0v) is 18.3. The Kier molecular flexibility index (Phi) is 6.78. The van der Waals surface area contributed by atoms with Crippen LogP contribution in [0.3, 0.4) is 0 Å². The number of nitriles is 1. The van der Waals surface area contributed by atoms with Crippen LogP contribution in [0.1, 0.15) is 32.8 Å². The predicted octanol–water partition coefficient (Wildman–Crippen LogP) is 4.21. The highest BCUT2D eigenvalue weighted by Gasteiger charge is 2.23. The normalized spacial score (nSPS) is 12.9. The molecule has 168 valence electrons. The second kappa shape index (κ2) is 9.51. The number of hydrogen-bond acceptors (Lipinski definition) is 6. The van der Waals surface area contributed by atoms with Crippen LogP contribution in [0.5, 0.6) is 0 Å². The molecule has 0 saturated heterocycles. The molecule has 0 aliphatic carbocycles. The summed E-state index contributed by atoms with van der Waals surface area (Å²) in [6, 6.07) is 7.76. The van der Waals surface area contributed by atoms with Gasteiger partial charge in [0.25, 0.3) is 0 Å². The van der Waals surface area contributed by atoms with Crippen molar-refractivity contribution in [1.29, 1.82) is 5.26 Å². The van der Waals surface area contributed by atoms with Crippen molar-refractivity contribution in [2.24, 2.45) is 13.0 Å². The number of amides is 1. The van der Waals surface area contributed by atoms with Crippen molar-refractivity contribution in [1.82, 2.24) is 20.1 Å². The van der Waals surface area contributed by atoms with Gasteiger partial charge in [-0.05, 0) is 37.5 Å². The van der Waals surface area contributed by atoms with E-state index in [0.717, 1.165) is 17.0 Å². The van der Waals surface area contributed by atoms with Gasteiger partial charge in [0.2, 0.25) is 0 Å². The standard InChI is InChI=1S/C22H26FN7O2/c1-12(2)8-18(13(3)26-22(31)32)28-21-16(23)9-14(10-24)20(29-21)27-17-6-5-7-19-15(17)11-25-30(19)4/h5-7,9,11-13,18,26H,8H2,1-4H3,(H,31,32)(H2,27,28,29)/t13-,18-/m0/s1. The van der Waals surface area contributed by atoms with Gasteiger partial charge in [0.15, 0.2) is 17.5 Å². The van der Waals surface area contributed by atoms with Crippen molar-refractivity contribution in [3.05, 3.63) is 41.8 Å². The second-order valence-corrected chi connectivity index (χ2v) is 8.08. The number of pyridine rings is 1. The van der Waals surface area contributed by atoms with Gasteiger partial charge in [-0.25, -0.2) is 14.2 Å². The topological polar surface area (TPSA) is 128 Å². The van der Waals surface area contributed by atoms with E-state index in [-0.39, 0.29) is 23.1 Å². The molecule has 4 N–H and O–H groups in total. The first kappa shape index (κ1) is 22.8. The lowest BCUT2D eigenvalue weighted by molar-refractivity contribution is 0.188. The minimum absolute atomic E-state index is 0.0473. The van der Waals surface area contributed by atoms with Crippen molar-refractivity contribution in [2.75, 3.05) is 10.6 Å². The maximum Gasteiger partial charge on any atom is 0.404 e. The van der Waals surface area contributed by atoms with Crippen LogP contribution in [0.25, 0.3) is 10.9 Å². The lowest BCUT2D eigenvalue weighted by atomic mass is 9.98. The maximum atomic E-state index is 14.8. The molecular weight excluding hydrogens is 413 g/mol. The number of nitrogens with zero attached hydrogens (tertiary/aromatic N) is 4. The molecule has 0 fully saturated rings. The fraction of sp³-hybridized carbons (Fsp3) is 0.364. The summed E-state index contributed by atoms with van der Waals surface area (Å²) in [7, 11) is 1.83. The van der Waals surface area contributed by atoms with Crippen LogP contribution in [-0.4, -0.2) is 38.0 Å². The predicted molar refractivity (Wildman–Crippen MR) is 120 cm³/mol. The molecule has 0 saturated carbocycles. The van der Waals surface area contributed by atoms with Crippen LogP contribution in [0.4, 0.5) is 26.5 Å². The van der Waals surface area contributed by atoms with Gasteiger partial charge < -0.3 is 21.1 Å². The highest BCUT2D eigenvalue weighted by atomic mass is 19.1. The minimum Gasteiger partial charge on any atom is -0.465 e. The Labute approximate surface area is 185 Å². The van der Waals surface area contributed by atoms with Gasteiger partial charge in [-0.3, -0.25) is 4.68 Å². The summed E-state index contributed by atoms with van der Waals surface area (Å²) < 4.78 is 16.5. The summed E-state index contributed by atoms with van der Waals surface area (Å²) in [6.45, 7) is 5.69. The number of halogens is 1. The summed E-state index contributed by atoms with van der Waals surface area (Å²) in [5.74, 6) is -0.333. The number of carboxylic acid groups (broad SMARTS) is 1. The van der Waals surface area contributed by atoms with Crippen molar-refractivity contribution < 1.29 is 14.3 Å². The summed E-state index contributed by atoms with van der Waals surface area (Å²) in [4.78, 5) is 15.4. The third-order valence-electron chi connectivity index (χ3n) is 5.14. The van der Waals surface area contributed by atoms with Gasteiger partial charge in [0.1, 0.15) is 6.07 Å². The Balaban J connectivity index is 1.96. The Hall–Kier alpha value is -3.87. The minimum atomic E-state index is -1.16. The molecule has 32 heavy (non-hydrogen) atoms. The fourth-order valence-electron chi connectivity index (χ4n) is 3.55. The van der Waals surface area contributed by atoms with Gasteiger partial charge in [-0.15, -0.1) is 0 Å². The number of carbonyl (C=O) groups is 1. The molecule has 0 aliphatic rings. The highest BCUT2D eigenvalue weighted by molar-refractivity contribution is 5.93. The molecule has 2 atom stereocenters. The summed E-state index contributed by atoms with van der Waals surface area (Å²) in [5.41, 5.74) is 1.61. The van der Waals surface area contributed by atoms with E-state index in [1.807, 2.05) is 45.2 Å². The average Bonchev–Trinajstić information content (AvgIpc) is 3.10. The Morgan fingerprint density at radius 2 is 2.06 bits per heavy atom. The van der Waals surface area contributed by atoms with Gasteiger partial charge in [-0.1, -0.05) is 19.9 Å². The summed E-state index contributed by atoms with van der Waals surface area (Å²) in [5, 5.41) is 32.2. The van der Waals surface area contributed by atoms with Crippen molar-refractivity contribution in [2.45, 2.75) is 39.3 Å². The zero-order valence-electron chi connectivity index (χ0n) is 18.3. The SMILES string of the molecule is CC(C)C[C@H](Nc1nc(Nc2cccc3c2cnn3C)c(C#N)cc1F)[C@H](C)NC(=O)O. The number of aromatic nitrogens is 3. The van der Waals surface area contributed by atoms with E-state index in [0.29, 0.717) is 12.1 Å². The molecule has 3 aromatic rings. The number of rotatable bonds is 8. The molecule has 9 nitrogen and oxygen atoms in total. The number of benzene rings is 1. The van der Waals surface area contributed by atoms with Crippen molar-refractivity contribution >= 4 is 34.3 Å². The molecular formula is C22H26FN7O2. The monoisotopic (exact) mass is 439 g/mol. The van der Waals surface area contributed by atoms with Crippen LogP contribution < -0.4 is 16.0 Å². The Morgan fingerprint density at radius 3 is 2.72 bits per heavy atom. The maximum absolute atomic E-state index is 14.8. The van der Waals surface area contributed by atoms with Gasteiger partial charge in [0.05, 0.1) is 23.0 Å². The van der Waals surface area contributed by atoms with Crippen LogP contribution in [0.15, 0.2) is 30.5 Å². The number of hydrogen-bond donors (Lipinski definition) is 4. The number of anilines is 3. The molecule has 1 aromatic carbocycles. The van der Waals surface area contributed by atoms with Gasteiger partial charge >= 0.3 is 6.09 Å². The summed E-state index contributed by atoms with van der Waals surface area (Å²) in [6.07, 6.45) is 1.12. The first-order valence-electron chi connectivity index (χ1n) is 10.2. The van der Waals surface area contributed by atoms with E-state index in [2.05, 4.69) is 26.0 Å². The fourth-order valence-corrected chi connectivity index (χ4v) is 3.55. The van der Waals surface area contributed by atoms with Crippen molar-refractivity contribution in [3.8, 4) is 6.07 Å². The largest absolute Gasteiger partial charge is 0.465 e. The van der Waals surface area contributed by atoms with Crippen LogP contribution >= 0.6 is 0 Å². The summed E-state index contributed by atoms with van der Waals surface area (Å²) >= 11 is 0. The molecule has 10 heteroatoms. The molecule has 0 spiro atoms. The van der Waals surface area contributed by atoms with Gasteiger partial charge in [0, 0.05) is 24.5 Å². The zero-order chi connectivity index (χ0) is 23.4. The van der Waals surface area contributed by atoms with Crippen LogP contribution in [0, 0.1) is 23.1 Å². The molecule has 2 aromatic heterocycles. The second-order valence-electron chi connectivity index (χ2n) is 8.08. The van der Waals surface area contributed by atoms with Crippen molar-refractivity contribution in [3.63, 3.8) is 0 Å². The molecule has 0 bridgehead atoms. The lowest BCUT2D eigenvalue weighted by Gasteiger charge is -2.27. The Morgan fingerprint density at radius 1 is 1.31 bits per heavy atom. The first-order valence-corrected chi connectivity index (χ1v) is 10.2. The third kappa shape index (κ3) is 5.06. The van der Waals surface area contributed by atoms with E-state index in [1.165, 1.54) is 0 Å². The lowest BCUT2D eigenvalue weighted by Crippen LogP contribution is -2.45. The molecule has 0 radical (unpaired) electrons. The smallest absolute Gasteiger partial charge is 0.404 e. The quantitative estimate of drug-likeness (QED) is 0.414. The van der Waals surface area contributed by atoms with E-state index in [1.54, 1.807) is 17.8 Å². The van der Waals surface area contributed by atoms with Gasteiger partial charge in [-0.2, -0.15) is 10.4 Å². The van der Waals surface area contributed by atoms with E-state index in [9.17, 15) is 14.4 Å². The third-order valence-corrected chi connectivity index (χ3v) is 5.14. The highest BCUT2D eigenvalue weighted by Crippen LogP contribution is 2.29. The van der Waals surface area contributed by atoms with E-state index in [4.69, 9.17) is 5.11 Å². The molecule has 3 rings (SSSR count). The molecule has 0 aliphatic heterocycles. The first-order chi connectivity index (χ1) is 15.2. The van der Waals surface area contributed by atoms with E-state index < -0.39 is 24.0 Å². The van der Waals surface area contributed by atoms with Crippen LogP contribution in [-0.2, 0) is 7.05 Å².